The summed E-state index contributed by atoms with van der Waals surface area (Å²) in [6.45, 7) is 0. The summed E-state index contributed by atoms with van der Waals surface area (Å²) in [6.07, 6.45) is 0. The molecule has 0 fully saturated rings. The first-order valence-corrected chi connectivity index (χ1v) is 8.56. The molecule has 3 rings (SSSR count). The Hall–Kier alpha value is -3.31. The Kier molecular flexibility index (Phi) is 5.14. The zero-order chi connectivity index (χ0) is 19.6. The van der Waals surface area contributed by atoms with Crippen LogP contribution >= 0.6 is 15.9 Å². The predicted octanol–water partition coefficient (Wildman–Crippen LogP) is 3.33. The number of hydrogen-bond acceptors (Lipinski definition) is 5. The van der Waals surface area contributed by atoms with Gasteiger partial charge in [0.2, 0.25) is 0 Å². The molecule has 27 heavy (non-hydrogen) atoms. The lowest BCUT2D eigenvalue weighted by Crippen LogP contribution is -2.17. The molecule has 8 heteroatoms. The maximum absolute atomic E-state index is 12.7. The molecule has 7 nitrogen and oxygen atoms in total. The molecule has 0 atom stereocenters. The van der Waals surface area contributed by atoms with Crippen molar-refractivity contribution < 1.29 is 19.1 Å². The van der Waals surface area contributed by atoms with Gasteiger partial charge in [-0.25, -0.2) is 0 Å². The number of anilines is 2. The number of ether oxygens (including phenoxy) is 2. The van der Waals surface area contributed by atoms with E-state index in [0.717, 1.165) is 4.47 Å². The van der Waals surface area contributed by atoms with Crippen LogP contribution in [-0.4, -0.2) is 26.0 Å². The number of amides is 2. The summed E-state index contributed by atoms with van der Waals surface area (Å²) in [5.41, 5.74) is 1.20. The molecule has 0 aliphatic carbocycles. The second kappa shape index (κ2) is 7.51. The van der Waals surface area contributed by atoms with E-state index in [1.807, 2.05) is 6.07 Å². The minimum atomic E-state index is -0.692. The molecule has 0 unspecified atom stereocenters. The summed E-state index contributed by atoms with van der Waals surface area (Å²) >= 11 is 3.33. The van der Waals surface area contributed by atoms with E-state index < -0.39 is 11.8 Å². The van der Waals surface area contributed by atoms with E-state index in [1.54, 1.807) is 36.4 Å². The fourth-order valence-electron chi connectivity index (χ4n) is 2.72. The Labute approximate surface area is 163 Å². The quantitative estimate of drug-likeness (QED) is 0.575. The number of halogens is 1. The maximum Gasteiger partial charge on any atom is 0.267 e. The van der Waals surface area contributed by atoms with Crippen LogP contribution in [0.15, 0.2) is 46.4 Å². The van der Waals surface area contributed by atoms with Crippen molar-refractivity contribution in [3.05, 3.63) is 52.0 Å². The fraction of sp³-hybridized carbons (Fsp3) is 0.105. The Balaban J connectivity index is 1.99. The van der Waals surface area contributed by atoms with Crippen molar-refractivity contribution in [2.24, 2.45) is 0 Å². The molecule has 0 aromatic heterocycles. The SMILES string of the molecule is COc1ccc(NC(=O)C(C#N)=C2C(=O)Nc3ccc(Br)cc32)cc1OC. The summed E-state index contributed by atoms with van der Waals surface area (Å²) in [5.74, 6) is -0.262. The molecular formula is C19H14BrN3O4. The van der Waals surface area contributed by atoms with Crippen molar-refractivity contribution in [2.45, 2.75) is 0 Å². The zero-order valence-electron chi connectivity index (χ0n) is 14.4. The molecule has 136 valence electrons. The van der Waals surface area contributed by atoms with E-state index in [4.69, 9.17) is 9.47 Å². The third-order valence-electron chi connectivity index (χ3n) is 3.96. The smallest absolute Gasteiger partial charge is 0.267 e. The minimum absolute atomic E-state index is 0.0341. The number of nitriles is 1. The molecule has 0 saturated heterocycles. The first-order chi connectivity index (χ1) is 13.0. The van der Waals surface area contributed by atoms with Crippen LogP contribution in [0.1, 0.15) is 5.56 Å². The van der Waals surface area contributed by atoms with Crippen molar-refractivity contribution in [2.75, 3.05) is 24.9 Å². The molecule has 1 aliphatic rings. The molecule has 0 spiro atoms. The van der Waals surface area contributed by atoms with Crippen LogP contribution in [0.25, 0.3) is 5.57 Å². The molecular weight excluding hydrogens is 414 g/mol. The van der Waals surface area contributed by atoms with Crippen LogP contribution in [0.4, 0.5) is 11.4 Å². The number of hydrogen-bond donors (Lipinski definition) is 2. The van der Waals surface area contributed by atoms with Crippen molar-refractivity contribution in [1.82, 2.24) is 0 Å². The summed E-state index contributed by atoms with van der Waals surface area (Å²) in [7, 11) is 2.98. The van der Waals surface area contributed by atoms with Crippen LogP contribution in [0.3, 0.4) is 0 Å². The average molecular weight is 428 g/mol. The van der Waals surface area contributed by atoms with Gasteiger partial charge in [-0.15, -0.1) is 0 Å². The molecule has 2 aromatic rings. The van der Waals surface area contributed by atoms with Gasteiger partial charge in [0.05, 0.1) is 19.8 Å². The topological polar surface area (TPSA) is 100 Å². The van der Waals surface area contributed by atoms with Crippen LogP contribution in [0, 0.1) is 11.3 Å². The second-order valence-corrected chi connectivity index (χ2v) is 6.45. The molecule has 2 amide bonds. The number of benzene rings is 2. The molecule has 1 heterocycles. The van der Waals surface area contributed by atoms with Crippen LogP contribution < -0.4 is 20.1 Å². The lowest BCUT2D eigenvalue weighted by molar-refractivity contribution is -0.113. The number of methoxy groups -OCH3 is 2. The van der Waals surface area contributed by atoms with Gasteiger partial charge in [0.15, 0.2) is 11.5 Å². The van der Waals surface area contributed by atoms with E-state index in [2.05, 4.69) is 26.6 Å². The number of carbonyl (C=O) groups is 2. The van der Waals surface area contributed by atoms with Gasteiger partial charge in [-0.3, -0.25) is 9.59 Å². The number of nitrogens with zero attached hydrogens (tertiary/aromatic N) is 1. The fourth-order valence-corrected chi connectivity index (χ4v) is 3.08. The monoisotopic (exact) mass is 427 g/mol. The summed E-state index contributed by atoms with van der Waals surface area (Å²) in [5, 5.41) is 14.8. The van der Waals surface area contributed by atoms with E-state index >= 15 is 0 Å². The molecule has 0 bridgehead atoms. The van der Waals surface area contributed by atoms with Gasteiger partial charge < -0.3 is 20.1 Å². The van der Waals surface area contributed by atoms with E-state index in [9.17, 15) is 14.9 Å². The van der Waals surface area contributed by atoms with Gasteiger partial charge in [-0.1, -0.05) is 15.9 Å². The molecule has 2 N–H and O–H groups in total. The van der Waals surface area contributed by atoms with Gasteiger partial charge in [-0.05, 0) is 30.3 Å². The summed E-state index contributed by atoms with van der Waals surface area (Å²) in [6, 6.07) is 11.8. The standard InChI is InChI=1S/C19H14BrN3O4/c1-26-15-6-4-11(8-16(15)27-2)22-18(24)13(9-21)17-12-7-10(20)3-5-14(12)23-19(17)25/h3-8H,1-2H3,(H,22,24)(H,23,25). The Morgan fingerprint density at radius 2 is 1.89 bits per heavy atom. The van der Waals surface area contributed by atoms with Gasteiger partial charge in [0, 0.05) is 27.5 Å². The van der Waals surface area contributed by atoms with E-state index in [-0.39, 0.29) is 11.1 Å². The molecule has 0 saturated carbocycles. The highest BCUT2D eigenvalue weighted by molar-refractivity contribution is 9.10. The van der Waals surface area contributed by atoms with Crippen LogP contribution in [-0.2, 0) is 9.59 Å². The molecule has 0 radical (unpaired) electrons. The Bertz CT molecular complexity index is 1020. The van der Waals surface area contributed by atoms with Gasteiger partial charge in [0.1, 0.15) is 11.6 Å². The summed E-state index contributed by atoms with van der Waals surface area (Å²) in [4.78, 5) is 25.0. The van der Waals surface area contributed by atoms with Crippen molar-refractivity contribution in [3.63, 3.8) is 0 Å². The maximum atomic E-state index is 12.7. The molecule has 2 aromatic carbocycles. The highest BCUT2D eigenvalue weighted by Gasteiger charge is 2.30. The average Bonchev–Trinajstić information content (AvgIpc) is 2.97. The Morgan fingerprint density at radius 3 is 2.56 bits per heavy atom. The van der Waals surface area contributed by atoms with Crippen LogP contribution in [0.5, 0.6) is 11.5 Å². The van der Waals surface area contributed by atoms with Crippen molar-refractivity contribution >= 4 is 44.7 Å². The molecule has 1 aliphatic heterocycles. The second-order valence-electron chi connectivity index (χ2n) is 5.53. The highest BCUT2D eigenvalue weighted by atomic mass is 79.9. The minimum Gasteiger partial charge on any atom is -0.493 e. The van der Waals surface area contributed by atoms with Crippen LogP contribution in [0.2, 0.25) is 0 Å². The Morgan fingerprint density at radius 1 is 1.15 bits per heavy atom. The van der Waals surface area contributed by atoms with Crippen molar-refractivity contribution in [3.8, 4) is 17.6 Å². The number of nitrogens with one attached hydrogen (secondary N) is 2. The summed E-state index contributed by atoms with van der Waals surface area (Å²) < 4.78 is 11.1. The van der Waals surface area contributed by atoms with Crippen molar-refractivity contribution in [1.29, 1.82) is 5.26 Å². The third kappa shape index (κ3) is 3.50. The largest absolute Gasteiger partial charge is 0.493 e. The first-order valence-electron chi connectivity index (χ1n) is 7.77. The third-order valence-corrected chi connectivity index (χ3v) is 4.45. The zero-order valence-corrected chi connectivity index (χ0v) is 16.0. The normalized spacial score (nSPS) is 13.9. The first kappa shape index (κ1) is 18.5. The predicted molar refractivity (Wildman–Crippen MR) is 103 cm³/mol. The lowest BCUT2D eigenvalue weighted by atomic mass is 10.0. The van der Waals surface area contributed by atoms with E-state index in [1.165, 1.54) is 14.2 Å². The van der Waals surface area contributed by atoms with E-state index in [0.29, 0.717) is 28.4 Å². The number of rotatable bonds is 4. The highest BCUT2D eigenvalue weighted by Crippen LogP contribution is 2.36. The number of carbonyl (C=O) groups excluding carboxylic acids is 2. The van der Waals surface area contributed by atoms with Gasteiger partial charge in [0.25, 0.3) is 11.8 Å². The number of fused-ring (bicyclic) bond motifs is 1. The van der Waals surface area contributed by atoms with Gasteiger partial charge in [-0.2, -0.15) is 5.26 Å². The van der Waals surface area contributed by atoms with Gasteiger partial charge >= 0.3 is 0 Å². The lowest BCUT2D eigenvalue weighted by Gasteiger charge is -2.11.